The first-order chi connectivity index (χ1) is 13.8. The molecule has 0 radical (unpaired) electrons. The molecule has 0 unspecified atom stereocenters. The molecule has 0 spiro atoms. The fraction of sp³-hybridized carbons (Fsp3) is 0.364. The Balaban J connectivity index is 1.31. The van der Waals surface area contributed by atoms with Gasteiger partial charge in [0.25, 0.3) is 0 Å². The second-order valence-electron chi connectivity index (χ2n) is 7.40. The molecule has 0 bridgehead atoms. The molecular formula is C22H25N5O. The van der Waals surface area contributed by atoms with Crippen molar-refractivity contribution in [2.45, 2.75) is 32.2 Å². The van der Waals surface area contributed by atoms with Gasteiger partial charge < -0.3 is 4.90 Å². The van der Waals surface area contributed by atoms with E-state index in [0.717, 1.165) is 50.2 Å². The van der Waals surface area contributed by atoms with Crippen LogP contribution >= 0.6 is 0 Å². The molecule has 1 aromatic carbocycles. The van der Waals surface area contributed by atoms with Gasteiger partial charge in [-0.15, -0.1) is 5.10 Å². The van der Waals surface area contributed by atoms with E-state index in [9.17, 15) is 4.79 Å². The summed E-state index contributed by atoms with van der Waals surface area (Å²) >= 11 is 0. The van der Waals surface area contributed by atoms with Crippen LogP contribution in [0.1, 0.15) is 24.8 Å². The molecule has 1 atom stereocenters. The molecule has 0 N–H and O–H groups in total. The second-order valence-corrected chi connectivity index (χ2v) is 7.40. The van der Waals surface area contributed by atoms with E-state index in [2.05, 4.69) is 27.4 Å². The van der Waals surface area contributed by atoms with Crippen LogP contribution in [0, 0.1) is 5.92 Å². The van der Waals surface area contributed by atoms with Crippen molar-refractivity contribution in [3.63, 3.8) is 0 Å². The predicted molar refractivity (Wildman–Crippen MR) is 107 cm³/mol. The maximum absolute atomic E-state index is 12.6. The Labute approximate surface area is 165 Å². The standard InChI is InChI=1S/C22H25N5O/c28-22(11-10-18-6-2-1-3-7-18)26-13-5-8-19(15-26)16-27-17-21(24-25-27)20-9-4-12-23-14-20/h1-4,6-7,9,12,14,17,19H,5,8,10-11,13,15-16H2/t19-/m0/s1. The van der Waals surface area contributed by atoms with Crippen LogP contribution in [-0.2, 0) is 17.8 Å². The van der Waals surface area contributed by atoms with Crippen LogP contribution in [0.25, 0.3) is 11.3 Å². The highest BCUT2D eigenvalue weighted by atomic mass is 16.2. The number of piperidine rings is 1. The molecule has 6 nitrogen and oxygen atoms in total. The van der Waals surface area contributed by atoms with E-state index >= 15 is 0 Å². The van der Waals surface area contributed by atoms with Crippen molar-refractivity contribution >= 4 is 5.91 Å². The van der Waals surface area contributed by atoms with Crippen molar-refractivity contribution in [2.24, 2.45) is 5.92 Å². The van der Waals surface area contributed by atoms with Crippen molar-refractivity contribution in [1.82, 2.24) is 24.9 Å². The highest BCUT2D eigenvalue weighted by molar-refractivity contribution is 5.76. The summed E-state index contributed by atoms with van der Waals surface area (Å²) in [6, 6.07) is 14.1. The Morgan fingerprint density at radius 3 is 2.86 bits per heavy atom. The summed E-state index contributed by atoms with van der Waals surface area (Å²) in [5.74, 6) is 0.668. The zero-order valence-electron chi connectivity index (χ0n) is 15.9. The summed E-state index contributed by atoms with van der Waals surface area (Å²) in [5, 5.41) is 8.53. The number of hydrogen-bond acceptors (Lipinski definition) is 4. The number of nitrogens with zero attached hydrogens (tertiary/aromatic N) is 5. The van der Waals surface area contributed by atoms with Crippen molar-refractivity contribution in [3.05, 3.63) is 66.6 Å². The molecule has 3 heterocycles. The third kappa shape index (κ3) is 4.63. The average Bonchev–Trinajstić information content (AvgIpc) is 3.22. The Hall–Kier alpha value is -3.02. The fourth-order valence-electron chi connectivity index (χ4n) is 3.79. The largest absolute Gasteiger partial charge is 0.342 e. The number of benzene rings is 1. The molecule has 1 fully saturated rings. The number of likely N-dealkylation sites (tertiary alicyclic amines) is 1. The number of rotatable bonds is 6. The van der Waals surface area contributed by atoms with E-state index in [1.807, 2.05) is 46.1 Å². The zero-order chi connectivity index (χ0) is 19.2. The number of amides is 1. The van der Waals surface area contributed by atoms with Crippen LogP contribution in [-0.4, -0.2) is 43.9 Å². The molecule has 28 heavy (non-hydrogen) atoms. The molecule has 6 heteroatoms. The highest BCUT2D eigenvalue weighted by Gasteiger charge is 2.24. The molecular weight excluding hydrogens is 350 g/mol. The third-order valence-electron chi connectivity index (χ3n) is 5.28. The van der Waals surface area contributed by atoms with Crippen LogP contribution in [0.5, 0.6) is 0 Å². The lowest BCUT2D eigenvalue weighted by atomic mass is 9.97. The number of carbonyl (C=O) groups is 1. The SMILES string of the molecule is O=C(CCc1ccccc1)N1CCC[C@H](Cn2cc(-c3cccnc3)nn2)C1. The first-order valence-electron chi connectivity index (χ1n) is 9.90. The number of carbonyl (C=O) groups excluding carboxylic acids is 1. The van der Waals surface area contributed by atoms with Crippen LogP contribution in [0.3, 0.4) is 0 Å². The number of aromatic nitrogens is 4. The van der Waals surface area contributed by atoms with Gasteiger partial charge in [-0.2, -0.15) is 0 Å². The summed E-state index contributed by atoms with van der Waals surface area (Å²) in [6.07, 6.45) is 9.05. The van der Waals surface area contributed by atoms with E-state index in [-0.39, 0.29) is 5.91 Å². The fourth-order valence-corrected chi connectivity index (χ4v) is 3.79. The molecule has 2 aromatic heterocycles. The van der Waals surface area contributed by atoms with Gasteiger partial charge in [0, 0.05) is 44.0 Å². The van der Waals surface area contributed by atoms with Gasteiger partial charge in [0.05, 0.1) is 6.20 Å². The van der Waals surface area contributed by atoms with Crippen LogP contribution in [0.15, 0.2) is 61.1 Å². The molecule has 1 saturated heterocycles. The number of aryl methyl sites for hydroxylation is 1. The molecule has 144 valence electrons. The van der Waals surface area contributed by atoms with Crippen LogP contribution < -0.4 is 0 Å². The van der Waals surface area contributed by atoms with Crippen molar-refractivity contribution in [2.75, 3.05) is 13.1 Å². The topological polar surface area (TPSA) is 63.9 Å². The lowest BCUT2D eigenvalue weighted by molar-refractivity contribution is -0.133. The smallest absolute Gasteiger partial charge is 0.222 e. The van der Waals surface area contributed by atoms with Gasteiger partial charge in [0.15, 0.2) is 0 Å². The summed E-state index contributed by atoms with van der Waals surface area (Å²) in [7, 11) is 0. The summed E-state index contributed by atoms with van der Waals surface area (Å²) in [5.41, 5.74) is 3.02. The molecule has 0 saturated carbocycles. The molecule has 1 aliphatic heterocycles. The first-order valence-corrected chi connectivity index (χ1v) is 9.90. The maximum atomic E-state index is 12.6. The van der Waals surface area contributed by atoms with Crippen LogP contribution in [0.4, 0.5) is 0 Å². The van der Waals surface area contributed by atoms with Gasteiger partial charge in [-0.3, -0.25) is 14.5 Å². The van der Waals surface area contributed by atoms with Gasteiger partial charge in [-0.1, -0.05) is 35.5 Å². The van der Waals surface area contributed by atoms with Gasteiger partial charge in [-0.25, -0.2) is 0 Å². The Morgan fingerprint density at radius 1 is 1.14 bits per heavy atom. The van der Waals surface area contributed by atoms with E-state index in [1.54, 1.807) is 12.4 Å². The first kappa shape index (κ1) is 18.3. The van der Waals surface area contributed by atoms with Gasteiger partial charge in [-0.05, 0) is 42.9 Å². The minimum absolute atomic E-state index is 0.253. The monoisotopic (exact) mass is 375 g/mol. The molecule has 3 aromatic rings. The lowest BCUT2D eigenvalue weighted by Crippen LogP contribution is -2.41. The average molecular weight is 375 g/mol. The predicted octanol–water partition coefficient (Wildman–Crippen LogP) is 3.21. The van der Waals surface area contributed by atoms with E-state index in [1.165, 1.54) is 5.56 Å². The van der Waals surface area contributed by atoms with Crippen molar-refractivity contribution in [3.8, 4) is 11.3 Å². The maximum Gasteiger partial charge on any atom is 0.222 e. The van der Waals surface area contributed by atoms with E-state index in [0.29, 0.717) is 12.3 Å². The summed E-state index contributed by atoms with van der Waals surface area (Å²) < 4.78 is 1.89. The Bertz CT molecular complexity index is 894. The minimum Gasteiger partial charge on any atom is -0.342 e. The quantitative estimate of drug-likeness (QED) is 0.664. The summed E-state index contributed by atoms with van der Waals surface area (Å²) in [4.78, 5) is 18.8. The Morgan fingerprint density at radius 2 is 2.04 bits per heavy atom. The van der Waals surface area contributed by atoms with Gasteiger partial charge in [0.1, 0.15) is 5.69 Å². The third-order valence-corrected chi connectivity index (χ3v) is 5.28. The zero-order valence-corrected chi connectivity index (χ0v) is 15.9. The van der Waals surface area contributed by atoms with E-state index in [4.69, 9.17) is 0 Å². The number of hydrogen-bond donors (Lipinski definition) is 0. The Kier molecular flexibility index (Phi) is 5.75. The van der Waals surface area contributed by atoms with Crippen molar-refractivity contribution < 1.29 is 4.79 Å². The molecule has 1 aliphatic rings. The lowest BCUT2D eigenvalue weighted by Gasteiger charge is -2.32. The second kappa shape index (κ2) is 8.78. The molecule has 1 amide bonds. The minimum atomic E-state index is 0.253. The highest BCUT2D eigenvalue weighted by Crippen LogP contribution is 2.21. The number of pyridine rings is 1. The van der Waals surface area contributed by atoms with Crippen molar-refractivity contribution in [1.29, 1.82) is 0 Å². The van der Waals surface area contributed by atoms with E-state index < -0.39 is 0 Å². The normalized spacial score (nSPS) is 16.9. The van der Waals surface area contributed by atoms with Crippen LogP contribution in [0.2, 0.25) is 0 Å². The molecule has 4 rings (SSSR count). The van der Waals surface area contributed by atoms with Gasteiger partial charge >= 0.3 is 0 Å². The van der Waals surface area contributed by atoms with Gasteiger partial charge in [0.2, 0.25) is 5.91 Å². The summed E-state index contributed by atoms with van der Waals surface area (Å²) in [6.45, 7) is 2.45. The molecule has 0 aliphatic carbocycles.